The number of anilines is 1. The van der Waals surface area contributed by atoms with Crippen LogP contribution in [0.15, 0.2) is 51.4 Å². The number of hydrogen-bond donors (Lipinski definition) is 1. The number of hydrogen-bond acceptors (Lipinski definition) is 1. The first-order chi connectivity index (χ1) is 9.11. The third-order valence-electron chi connectivity index (χ3n) is 2.95. The zero-order valence-corrected chi connectivity index (χ0v) is 13.6. The van der Waals surface area contributed by atoms with Crippen LogP contribution in [0.2, 0.25) is 0 Å². The summed E-state index contributed by atoms with van der Waals surface area (Å²) in [5, 5.41) is 3.38. The molecule has 1 atom stereocenters. The standard InChI is InChI=1S/C15H14Br2FN/c1-2-14(11-5-3-4-6-13(11)18)19-15-9-10(16)7-8-12(15)17/h3-9,14,19H,2H2,1H3. The highest BCUT2D eigenvalue weighted by Gasteiger charge is 2.14. The molecule has 0 aliphatic rings. The molecule has 1 nitrogen and oxygen atoms in total. The van der Waals surface area contributed by atoms with Crippen LogP contribution in [0.25, 0.3) is 0 Å². The van der Waals surface area contributed by atoms with Gasteiger partial charge >= 0.3 is 0 Å². The maximum atomic E-state index is 13.8. The minimum Gasteiger partial charge on any atom is -0.377 e. The molecule has 2 aromatic rings. The van der Waals surface area contributed by atoms with Gasteiger partial charge in [-0.05, 0) is 46.6 Å². The summed E-state index contributed by atoms with van der Waals surface area (Å²) >= 11 is 6.95. The first-order valence-electron chi connectivity index (χ1n) is 6.08. The molecule has 1 N–H and O–H groups in total. The topological polar surface area (TPSA) is 12.0 Å². The van der Waals surface area contributed by atoms with E-state index in [1.807, 2.05) is 37.3 Å². The number of benzene rings is 2. The summed E-state index contributed by atoms with van der Waals surface area (Å²) in [6.45, 7) is 2.04. The predicted molar refractivity (Wildman–Crippen MR) is 84.9 cm³/mol. The van der Waals surface area contributed by atoms with Crippen LogP contribution < -0.4 is 5.32 Å². The third kappa shape index (κ3) is 3.57. The fourth-order valence-corrected chi connectivity index (χ4v) is 2.68. The summed E-state index contributed by atoms with van der Waals surface area (Å²) in [6, 6.07) is 12.7. The van der Waals surface area contributed by atoms with E-state index in [-0.39, 0.29) is 11.9 Å². The molecule has 4 heteroatoms. The van der Waals surface area contributed by atoms with Gasteiger partial charge in [-0.3, -0.25) is 0 Å². The van der Waals surface area contributed by atoms with Gasteiger partial charge in [0, 0.05) is 14.5 Å². The molecule has 19 heavy (non-hydrogen) atoms. The van der Waals surface area contributed by atoms with Crippen LogP contribution in [0.5, 0.6) is 0 Å². The van der Waals surface area contributed by atoms with Crippen molar-refractivity contribution in [2.75, 3.05) is 5.32 Å². The first kappa shape index (κ1) is 14.5. The molecule has 0 saturated heterocycles. The molecular formula is C15H14Br2FN. The monoisotopic (exact) mass is 385 g/mol. The summed E-state index contributed by atoms with van der Waals surface area (Å²) < 4.78 is 15.8. The zero-order chi connectivity index (χ0) is 13.8. The summed E-state index contributed by atoms with van der Waals surface area (Å²) in [7, 11) is 0. The van der Waals surface area contributed by atoms with Gasteiger partial charge in [0.05, 0.1) is 11.7 Å². The van der Waals surface area contributed by atoms with Gasteiger partial charge in [0.15, 0.2) is 0 Å². The summed E-state index contributed by atoms with van der Waals surface area (Å²) in [6.07, 6.45) is 0.805. The Balaban J connectivity index is 2.29. The minimum atomic E-state index is -0.173. The average molecular weight is 387 g/mol. The van der Waals surface area contributed by atoms with Gasteiger partial charge in [0.2, 0.25) is 0 Å². The number of rotatable bonds is 4. The number of halogens is 3. The van der Waals surface area contributed by atoms with Crippen molar-refractivity contribution in [3.63, 3.8) is 0 Å². The molecule has 0 aliphatic carbocycles. The molecule has 0 heterocycles. The summed E-state index contributed by atoms with van der Waals surface area (Å²) in [5.74, 6) is -0.173. The van der Waals surface area contributed by atoms with E-state index in [0.29, 0.717) is 5.56 Å². The smallest absolute Gasteiger partial charge is 0.128 e. The van der Waals surface area contributed by atoms with E-state index in [2.05, 4.69) is 37.2 Å². The van der Waals surface area contributed by atoms with Gasteiger partial charge in [-0.15, -0.1) is 0 Å². The van der Waals surface area contributed by atoms with Crippen LogP contribution in [0, 0.1) is 5.82 Å². The van der Waals surface area contributed by atoms with Gasteiger partial charge < -0.3 is 5.32 Å². The molecular weight excluding hydrogens is 373 g/mol. The molecule has 0 aliphatic heterocycles. The normalized spacial score (nSPS) is 12.2. The fourth-order valence-electron chi connectivity index (χ4n) is 1.95. The zero-order valence-electron chi connectivity index (χ0n) is 10.5. The Hall–Kier alpha value is -0.870. The molecule has 100 valence electrons. The second-order valence-corrected chi connectivity index (χ2v) is 6.02. The SMILES string of the molecule is CCC(Nc1cc(Br)ccc1Br)c1ccccc1F. The lowest BCUT2D eigenvalue weighted by atomic mass is 10.0. The number of nitrogens with one attached hydrogen (secondary N) is 1. The largest absolute Gasteiger partial charge is 0.377 e. The van der Waals surface area contributed by atoms with E-state index in [1.165, 1.54) is 6.07 Å². The van der Waals surface area contributed by atoms with Gasteiger partial charge in [-0.2, -0.15) is 0 Å². The van der Waals surface area contributed by atoms with Crippen LogP contribution >= 0.6 is 31.9 Å². The van der Waals surface area contributed by atoms with Crippen molar-refractivity contribution in [3.8, 4) is 0 Å². The summed E-state index contributed by atoms with van der Waals surface area (Å²) in [4.78, 5) is 0. The second-order valence-electron chi connectivity index (χ2n) is 4.25. The molecule has 0 fully saturated rings. The molecule has 0 radical (unpaired) electrons. The van der Waals surface area contributed by atoms with Crippen LogP contribution in [-0.4, -0.2) is 0 Å². The second kappa shape index (κ2) is 6.53. The molecule has 2 aromatic carbocycles. The Bertz CT molecular complexity index is 572. The highest BCUT2D eigenvalue weighted by Crippen LogP contribution is 2.31. The van der Waals surface area contributed by atoms with Crippen molar-refractivity contribution in [3.05, 3.63) is 62.8 Å². The molecule has 0 saturated carbocycles. The van der Waals surface area contributed by atoms with Crippen molar-refractivity contribution in [1.29, 1.82) is 0 Å². The van der Waals surface area contributed by atoms with Gasteiger partial charge in [0.1, 0.15) is 5.82 Å². The van der Waals surface area contributed by atoms with Gasteiger partial charge in [0.25, 0.3) is 0 Å². The highest BCUT2D eigenvalue weighted by molar-refractivity contribution is 9.11. The van der Waals surface area contributed by atoms with Crippen LogP contribution in [0.4, 0.5) is 10.1 Å². The van der Waals surface area contributed by atoms with Crippen molar-refractivity contribution < 1.29 is 4.39 Å². The van der Waals surface area contributed by atoms with Crippen LogP contribution in [0.1, 0.15) is 24.9 Å². The molecule has 2 rings (SSSR count). The third-order valence-corrected chi connectivity index (χ3v) is 4.13. The average Bonchev–Trinajstić information content (AvgIpc) is 2.41. The Morgan fingerprint density at radius 2 is 1.89 bits per heavy atom. The van der Waals surface area contributed by atoms with E-state index in [0.717, 1.165) is 21.1 Å². The Kier molecular flexibility index (Phi) is 4.99. The van der Waals surface area contributed by atoms with E-state index in [1.54, 1.807) is 6.07 Å². The van der Waals surface area contributed by atoms with Crippen molar-refractivity contribution in [2.45, 2.75) is 19.4 Å². The van der Waals surface area contributed by atoms with Crippen molar-refractivity contribution in [1.82, 2.24) is 0 Å². The van der Waals surface area contributed by atoms with E-state index >= 15 is 0 Å². The van der Waals surface area contributed by atoms with Gasteiger partial charge in [-0.25, -0.2) is 4.39 Å². The lowest BCUT2D eigenvalue weighted by molar-refractivity contribution is 0.587. The predicted octanol–water partition coefficient (Wildman–Crippen LogP) is 5.91. The highest BCUT2D eigenvalue weighted by atomic mass is 79.9. The Labute approximate surface area is 129 Å². The summed E-state index contributed by atoms with van der Waals surface area (Å²) in [5.41, 5.74) is 1.64. The van der Waals surface area contributed by atoms with E-state index in [4.69, 9.17) is 0 Å². The lowest BCUT2D eigenvalue weighted by Crippen LogP contribution is -2.11. The van der Waals surface area contributed by atoms with Gasteiger partial charge in [-0.1, -0.05) is 41.1 Å². The maximum absolute atomic E-state index is 13.8. The van der Waals surface area contributed by atoms with E-state index < -0.39 is 0 Å². The first-order valence-corrected chi connectivity index (χ1v) is 7.66. The minimum absolute atomic E-state index is 0.0493. The van der Waals surface area contributed by atoms with Crippen LogP contribution in [0.3, 0.4) is 0 Å². The molecule has 0 spiro atoms. The van der Waals surface area contributed by atoms with E-state index in [9.17, 15) is 4.39 Å². The Morgan fingerprint density at radius 3 is 2.58 bits per heavy atom. The molecule has 1 unspecified atom stereocenters. The molecule has 0 aromatic heterocycles. The van der Waals surface area contributed by atoms with Crippen molar-refractivity contribution in [2.24, 2.45) is 0 Å². The fraction of sp³-hybridized carbons (Fsp3) is 0.200. The maximum Gasteiger partial charge on any atom is 0.128 e. The molecule has 0 bridgehead atoms. The lowest BCUT2D eigenvalue weighted by Gasteiger charge is -2.20. The molecule has 0 amide bonds. The van der Waals surface area contributed by atoms with Crippen LogP contribution in [-0.2, 0) is 0 Å². The quantitative estimate of drug-likeness (QED) is 0.688. The Morgan fingerprint density at radius 1 is 1.16 bits per heavy atom. The van der Waals surface area contributed by atoms with Crippen molar-refractivity contribution >= 4 is 37.5 Å².